The van der Waals surface area contributed by atoms with Crippen molar-refractivity contribution in [2.75, 3.05) is 0 Å². The van der Waals surface area contributed by atoms with E-state index >= 15 is 0 Å². The Hall–Kier alpha value is -0.590. The van der Waals surface area contributed by atoms with Crippen molar-refractivity contribution in [3.05, 3.63) is 12.2 Å². The van der Waals surface area contributed by atoms with Crippen LogP contribution >= 0.6 is 0 Å². The van der Waals surface area contributed by atoms with Gasteiger partial charge in [-0.1, -0.05) is 64.5 Å². The fourth-order valence-corrected chi connectivity index (χ4v) is 1.78. The van der Waals surface area contributed by atoms with E-state index in [4.69, 9.17) is 0 Å². The molecule has 0 fully saturated rings. The predicted octanol–water partition coefficient (Wildman–Crippen LogP) is 4.91. The zero-order chi connectivity index (χ0) is 12.1. The molecule has 0 saturated heterocycles. The van der Waals surface area contributed by atoms with E-state index in [1.807, 2.05) is 0 Å². The minimum atomic E-state index is 0.419. The summed E-state index contributed by atoms with van der Waals surface area (Å²) in [4.78, 5) is 10.2. The summed E-state index contributed by atoms with van der Waals surface area (Å²) in [5.41, 5.74) is 0. The van der Waals surface area contributed by atoms with Crippen LogP contribution in [0.3, 0.4) is 0 Å². The van der Waals surface area contributed by atoms with Gasteiger partial charge in [0, 0.05) is 6.42 Å². The van der Waals surface area contributed by atoms with Gasteiger partial charge in [0.05, 0.1) is 0 Å². The average Bonchev–Trinajstić information content (AvgIpc) is 2.27. The summed E-state index contributed by atoms with van der Waals surface area (Å²) in [6.45, 7) is 4.35. The number of carbonyl (C=O) groups is 1. The van der Waals surface area contributed by atoms with Gasteiger partial charge in [0.25, 0.3) is 0 Å². The summed E-state index contributed by atoms with van der Waals surface area (Å²) in [5.74, 6) is 0.419. The maximum absolute atomic E-state index is 10.2. The molecule has 0 aromatic rings. The molecule has 0 heterocycles. The van der Waals surface area contributed by atoms with Gasteiger partial charge < -0.3 is 4.79 Å². The Morgan fingerprint density at radius 1 is 1.00 bits per heavy atom. The van der Waals surface area contributed by atoms with Crippen molar-refractivity contribution < 1.29 is 4.79 Å². The van der Waals surface area contributed by atoms with Crippen molar-refractivity contribution in [1.29, 1.82) is 0 Å². The van der Waals surface area contributed by atoms with Crippen LogP contribution in [-0.4, -0.2) is 6.29 Å². The number of aldehydes is 1. The summed E-state index contributed by atoms with van der Waals surface area (Å²) < 4.78 is 0. The molecule has 94 valence electrons. The topological polar surface area (TPSA) is 17.1 Å². The van der Waals surface area contributed by atoms with E-state index in [2.05, 4.69) is 26.0 Å². The molecule has 1 heteroatoms. The number of carbonyl (C=O) groups excluding carboxylic acids is 1. The lowest BCUT2D eigenvalue weighted by atomic mass is 10.1. The smallest absolute Gasteiger partial charge is 0.120 e. The van der Waals surface area contributed by atoms with Crippen molar-refractivity contribution in [2.45, 2.75) is 71.6 Å². The third-order valence-electron chi connectivity index (χ3n) is 2.91. The maximum atomic E-state index is 10.2. The average molecular weight is 224 g/mol. The lowest BCUT2D eigenvalue weighted by Crippen LogP contribution is -1.89. The lowest BCUT2D eigenvalue weighted by molar-refractivity contribution is -0.108. The van der Waals surface area contributed by atoms with Crippen LogP contribution in [0.15, 0.2) is 12.2 Å². The minimum absolute atomic E-state index is 0.419. The SMILES string of the molecule is CCCCCCCCCC=CC(C)CC=O. The molecule has 1 unspecified atom stereocenters. The third kappa shape index (κ3) is 11.5. The Labute approximate surface area is 101 Å². The van der Waals surface area contributed by atoms with Gasteiger partial charge in [-0.15, -0.1) is 0 Å². The van der Waals surface area contributed by atoms with Crippen molar-refractivity contribution in [3.8, 4) is 0 Å². The van der Waals surface area contributed by atoms with Crippen LogP contribution < -0.4 is 0 Å². The number of rotatable bonds is 11. The first-order chi connectivity index (χ1) is 7.81. The predicted molar refractivity (Wildman–Crippen MR) is 71.6 cm³/mol. The minimum Gasteiger partial charge on any atom is -0.303 e. The van der Waals surface area contributed by atoms with Gasteiger partial charge in [-0.05, 0) is 18.8 Å². The molecule has 0 rings (SSSR count). The number of allylic oxidation sites excluding steroid dienone is 2. The van der Waals surface area contributed by atoms with Gasteiger partial charge in [0.1, 0.15) is 6.29 Å². The molecule has 0 aliphatic carbocycles. The maximum Gasteiger partial charge on any atom is 0.120 e. The van der Waals surface area contributed by atoms with Gasteiger partial charge in [0.2, 0.25) is 0 Å². The lowest BCUT2D eigenvalue weighted by Gasteiger charge is -2.00. The van der Waals surface area contributed by atoms with E-state index in [9.17, 15) is 4.79 Å². The van der Waals surface area contributed by atoms with Crippen LogP contribution in [0.1, 0.15) is 71.6 Å². The monoisotopic (exact) mass is 224 g/mol. The zero-order valence-electron chi connectivity index (χ0n) is 11.1. The molecule has 0 N–H and O–H groups in total. The molecule has 0 amide bonds. The first kappa shape index (κ1) is 15.4. The van der Waals surface area contributed by atoms with E-state index in [0.717, 1.165) is 6.29 Å². The highest BCUT2D eigenvalue weighted by Gasteiger charge is 1.93. The zero-order valence-corrected chi connectivity index (χ0v) is 11.1. The van der Waals surface area contributed by atoms with E-state index in [-0.39, 0.29) is 0 Å². The van der Waals surface area contributed by atoms with Gasteiger partial charge in [-0.2, -0.15) is 0 Å². The quantitative estimate of drug-likeness (QED) is 0.277. The molecule has 0 saturated carbocycles. The van der Waals surface area contributed by atoms with Crippen molar-refractivity contribution >= 4 is 6.29 Å². The number of hydrogen-bond acceptors (Lipinski definition) is 1. The molecule has 1 nitrogen and oxygen atoms in total. The summed E-state index contributed by atoms with van der Waals surface area (Å²) in [6.07, 6.45) is 16.8. The van der Waals surface area contributed by atoms with Crippen LogP contribution in [0, 0.1) is 5.92 Å². The number of unbranched alkanes of at least 4 members (excludes halogenated alkanes) is 7. The molecule has 0 aromatic heterocycles. The second-order valence-electron chi connectivity index (χ2n) is 4.72. The van der Waals surface area contributed by atoms with E-state index in [0.29, 0.717) is 12.3 Å². The first-order valence-electron chi connectivity index (χ1n) is 6.91. The second-order valence-corrected chi connectivity index (χ2v) is 4.72. The molecule has 1 atom stereocenters. The summed E-state index contributed by atoms with van der Waals surface area (Å²) in [6, 6.07) is 0. The van der Waals surface area contributed by atoms with Crippen LogP contribution in [0.2, 0.25) is 0 Å². The van der Waals surface area contributed by atoms with Crippen LogP contribution in [0.25, 0.3) is 0 Å². The molecule has 0 aromatic carbocycles. The van der Waals surface area contributed by atoms with Gasteiger partial charge in [0.15, 0.2) is 0 Å². The van der Waals surface area contributed by atoms with E-state index in [1.54, 1.807) is 0 Å². The summed E-state index contributed by atoms with van der Waals surface area (Å²) in [7, 11) is 0. The van der Waals surface area contributed by atoms with Crippen LogP contribution in [0.5, 0.6) is 0 Å². The molecule has 0 spiro atoms. The first-order valence-corrected chi connectivity index (χ1v) is 6.91. The molecular weight excluding hydrogens is 196 g/mol. The van der Waals surface area contributed by atoms with Crippen molar-refractivity contribution in [2.24, 2.45) is 5.92 Å². The molecule has 16 heavy (non-hydrogen) atoms. The Morgan fingerprint density at radius 2 is 1.62 bits per heavy atom. The molecule has 0 radical (unpaired) electrons. The Kier molecular flexibility index (Phi) is 12.0. The van der Waals surface area contributed by atoms with Crippen molar-refractivity contribution in [1.82, 2.24) is 0 Å². The van der Waals surface area contributed by atoms with Crippen molar-refractivity contribution in [3.63, 3.8) is 0 Å². The summed E-state index contributed by atoms with van der Waals surface area (Å²) in [5, 5.41) is 0. The number of hydrogen-bond donors (Lipinski definition) is 0. The third-order valence-corrected chi connectivity index (χ3v) is 2.91. The Bertz CT molecular complexity index is 172. The Morgan fingerprint density at radius 3 is 2.25 bits per heavy atom. The van der Waals surface area contributed by atoms with Gasteiger partial charge in [-0.3, -0.25) is 0 Å². The van der Waals surface area contributed by atoms with Gasteiger partial charge in [-0.25, -0.2) is 0 Å². The highest BCUT2D eigenvalue weighted by molar-refractivity contribution is 5.50. The molecule has 0 bridgehead atoms. The second kappa shape index (κ2) is 12.5. The molecule has 0 aliphatic rings. The van der Waals surface area contributed by atoms with Crippen LogP contribution in [0.4, 0.5) is 0 Å². The fraction of sp³-hybridized carbons (Fsp3) is 0.800. The standard InChI is InChI=1S/C15H28O/c1-3-4-5-6-7-8-9-10-11-12-15(2)13-14-16/h11-12,14-15H,3-10,13H2,1-2H3. The Balaban J connectivity index is 3.16. The van der Waals surface area contributed by atoms with Gasteiger partial charge >= 0.3 is 0 Å². The van der Waals surface area contributed by atoms with Crippen LogP contribution in [-0.2, 0) is 4.79 Å². The highest BCUT2D eigenvalue weighted by atomic mass is 16.1. The van der Waals surface area contributed by atoms with E-state index < -0.39 is 0 Å². The highest BCUT2D eigenvalue weighted by Crippen LogP contribution is 2.09. The molecular formula is C15H28O. The normalized spacial score (nSPS) is 13.1. The van der Waals surface area contributed by atoms with E-state index in [1.165, 1.54) is 51.4 Å². The molecule has 0 aliphatic heterocycles. The fourth-order valence-electron chi connectivity index (χ4n) is 1.78. The largest absolute Gasteiger partial charge is 0.303 e. The summed E-state index contributed by atoms with van der Waals surface area (Å²) >= 11 is 0.